The van der Waals surface area contributed by atoms with Crippen molar-refractivity contribution >= 4 is 18.5 Å². The van der Waals surface area contributed by atoms with Crippen molar-refractivity contribution in [3.05, 3.63) is 29.1 Å². The molecule has 0 spiro atoms. The smallest absolute Gasteiger partial charge is 0.0447 e. The SMILES string of the molecule is CC(C)(C)c1cc(CP)nc(CP)c1. The Morgan fingerprint density at radius 2 is 1.50 bits per heavy atom. The molecule has 14 heavy (non-hydrogen) atoms. The van der Waals surface area contributed by atoms with Gasteiger partial charge in [-0.3, -0.25) is 4.98 Å². The standard InChI is InChI=1S/C11H19NP2/c1-11(2,3)8-4-9(6-13)12-10(5-8)7-14/h4-5H,6-7,13-14H2,1-3H3. The fourth-order valence-electron chi connectivity index (χ4n) is 1.29. The molecular weight excluding hydrogens is 208 g/mol. The summed E-state index contributed by atoms with van der Waals surface area (Å²) in [4.78, 5) is 4.54. The van der Waals surface area contributed by atoms with E-state index in [1.54, 1.807) is 0 Å². The van der Waals surface area contributed by atoms with E-state index in [2.05, 4.69) is 56.4 Å². The zero-order valence-electron chi connectivity index (χ0n) is 9.17. The molecule has 78 valence electrons. The van der Waals surface area contributed by atoms with Crippen molar-refractivity contribution in [2.24, 2.45) is 0 Å². The van der Waals surface area contributed by atoms with Gasteiger partial charge in [-0.25, -0.2) is 0 Å². The van der Waals surface area contributed by atoms with Crippen LogP contribution in [0.1, 0.15) is 37.7 Å². The van der Waals surface area contributed by atoms with Crippen molar-refractivity contribution in [3.8, 4) is 0 Å². The summed E-state index contributed by atoms with van der Waals surface area (Å²) in [6.07, 6.45) is 1.86. The Morgan fingerprint density at radius 3 is 1.79 bits per heavy atom. The Labute approximate surface area is 91.5 Å². The number of nitrogens with zero attached hydrogens (tertiary/aromatic N) is 1. The van der Waals surface area contributed by atoms with Gasteiger partial charge in [0, 0.05) is 23.7 Å². The van der Waals surface area contributed by atoms with Crippen molar-refractivity contribution < 1.29 is 0 Å². The second-order valence-corrected chi connectivity index (χ2v) is 5.31. The maximum Gasteiger partial charge on any atom is 0.0447 e. The van der Waals surface area contributed by atoms with Crippen LogP contribution in [0.4, 0.5) is 0 Å². The van der Waals surface area contributed by atoms with Gasteiger partial charge in [-0.2, -0.15) is 0 Å². The molecule has 1 nitrogen and oxygen atoms in total. The number of aromatic nitrogens is 1. The summed E-state index contributed by atoms with van der Waals surface area (Å²) in [5, 5.41) is 0. The molecule has 1 aromatic rings. The first-order valence-electron chi connectivity index (χ1n) is 4.88. The zero-order chi connectivity index (χ0) is 10.8. The van der Waals surface area contributed by atoms with Gasteiger partial charge in [0.15, 0.2) is 0 Å². The summed E-state index contributed by atoms with van der Waals surface area (Å²) in [5.41, 5.74) is 3.92. The molecular formula is C11H19NP2. The third-order valence-corrected chi connectivity index (χ3v) is 3.05. The molecule has 0 saturated heterocycles. The predicted octanol–water partition coefficient (Wildman–Crippen LogP) is 3.13. The van der Waals surface area contributed by atoms with E-state index in [-0.39, 0.29) is 5.41 Å². The van der Waals surface area contributed by atoms with Gasteiger partial charge in [0.2, 0.25) is 0 Å². The Hall–Kier alpha value is 0.01000. The van der Waals surface area contributed by atoms with E-state index in [4.69, 9.17) is 0 Å². The van der Waals surface area contributed by atoms with Crippen LogP contribution in [-0.2, 0) is 17.7 Å². The topological polar surface area (TPSA) is 12.9 Å². The molecule has 1 aromatic heterocycles. The second kappa shape index (κ2) is 4.69. The minimum absolute atomic E-state index is 0.214. The highest BCUT2D eigenvalue weighted by Gasteiger charge is 2.15. The molecule has 0 radical (unpaired) electrons. The fourth-order valence-corrected chi connectivity index (χ4v) is 1.71. The monoisotopic (exact) mass is 227 g/mol. The normalized spacial score (nSPS) is 11.8. The number of rotatable bonds is 2. The third kappa shape index (κ3) is 3.01. The largest absolute Gasteiger partial charge is 0.257 e. The Morgan fingerprint density at radius 1 is 1.07 bits per heavy atom. The van der Waals surface area contributed by atoms with Crippen LogP contribution in [0.15, 0.2) is 12.1 Å². The van der Waals surface area contributed by atoms with Crippen molar-refractivity contribution in [3.63, 3.8) is 0 Å². The Kier molecular flexibility index (Phi) is 4.04. The van der Waals surface area contributed by atoms with Crippen molar-refractivity contribution in [2.75, 3.05) is 0 Å². The summed E-state index contributed by atoms with van der Waals surface area (Å²) in [5.74, 6) is 0. The summed E-state index contributed by atoms with van der Waals surface area (Å²) in [7, 11) is 5.46. The van der Waals surface area contributed by atoms with Crippen LogP contribution in [0.5, 0.6) is 0 Å². The molecule has 2 unspecified atom stereocenters. The Balaban J connectivity index is 3.17. The first-order chi connectivity index (χ1) is 6.47. The molecule has 1 heterocycles. The highest BCUT2D eigenvalue weighted by Crippen LogP contribution is 2.24. The van der Waals surface area contributed by atoms with Crippen molar-refractivity contribution in [1.29, 1.82) is 0 Å². The molecule has 0 N–H and O–H groups in total. The van der Waals surface area contributed by atoms with Crippen LogP contribution >= 0.6 is 18.5 Å². The van der Waals surface area contributed by atoms with Crippen LogP contribution in [0.3, 0.4) is 0 Å². The molecule has 0 bridgehead atoms. The fraction of sp³-hybridized carbons (Fsp3) is 0.545. The molecule has 0 saturated carbocycles. The lowest BCUT2D eigenvalue weighted by atomic mass is 9.87. The predicted molar refractivity (Wildman–Crippen MR) is 69.8 cm³/mol. The van der Waals surface area contributed by atoms with Crippen LogP contribution in [-0.4, -0.2) is 4.98 Å². The van der Waals surface area contributed by atoms with Gasteiger partial charge in [0.05, 0.1) is 0 Å². The maximum absolute atomic E-state index is 4.54. The molecule has 1 rings (SSSR count). The van der Waals surface area contributed by atoms with E-state index >= 15 is 0 Å². The molecule has 0 fully saturated rings. The summed E-state index contributed by atoms with van der Waals surface area (Å²) >= 11 is 0. The van der Waals surface area contributed by atoms with Gasteiger partial charge >= 0.3 is 0 Å². The summed E-state index contributed by atoms with van der Waals surface area (Å²) in [6.45, 7) is 6.71. The maximum atomic E-state index is 4.54. The van der Waals surface area contributed by atoms with E-state index < -0.39 is 0 Å². The molecule has 0 aliphatic carbocycles. The minimum atomic E-state index is 0.214. The zero-order valence-corrected chi connectivity index (χ0v) is 11.5. The van der Waals surface area contributed by atoms with Crippen molar-refractivity contribution in [2.45, 2.75) is 38.5 Å². The van der Waals surface area contributed by atoms with Gasteiger partial charge in [0.25, 0.3) is 0 Å². The number of pyridine rings is 1. The lowest BCUT2D eigenvalue weighted by molar-refractivity contribution is 0.587. The Bertz CT molecular complexity index is 293. The molecule has 0 aliphatic rings. The van der Waals surface area contributed by atoms with Gasteiger partial charge in [0.1, 0.15) is 0 Å². The summed E-state index contributed by atoms with van der Waals surface area (Å²) < 4.78 is 0. The molecule has 2 atom stereocenters. The molecule has 0 amide bonds. The highest BCUT2D eigenvalue weighted by molar-refractivity contribution is 7.15. The van der Waals surface area contributed by atoms with Gasteiger partial charge in [-0.05, 0) is 23.1 Å². The number of hydrogen-bond acceptors (Lipinski definition) is 1. The van der Waals surface area contributed by atoms with Gasteiger partial charge < -0.3 is 0 Å². The minimum Gasteiger partial charge on any atom is -0.257 e. The molecule has 0 aliphatic heterocycles. The van der Waals surface area contributed by atoms with Gasteiger partial charge in [-0.1, -0.05) is 20.8 Å². The quantitative estimate of drug-likeness (QED) is 0.707. The summed E-state index contributed by atoms with van der Waals surface area (Å²) in [6, 6.07) is 4.41. The van der Waals surface area contributed by atoms with E-state index in [0.717, 1.165) is 12.3 Å². The van der Waals surface area contributed by atoms with E-state index in [0.29, 0.717) is 0 Å². The average Bonchev–Trinajstić information content (AvgIpc) is 2.15. The van der Waals surface area contributed by atoms with Gasteiger partial charge in [-0.15, -0.1) is 18.5 Å². The van der Waals surface area contributed by atoms with E-state index in [1.165, 1.54) is 17.0 Å². The number of hydrogen-bond donors (Lipinski definition) is 0. The first-order valence-corrected chi connectivity index (χ1v) is 6.51. The lowest BCUT2D eigenvalue weighted by Crippen LogP contribution is -2.12. The van der Waals surface area contributed by atoms with Crippen LogP contribution in [0.25, 0.3) is 0 Å². The molecule has 0 aromatic carbocycles. The van der Waals surface area contributed by atoms with Crippen LogP contribution in [0.2, 0.25) is 0 Å². The molecule has 3 heteroatoms. The van der Waals surface area contributed by atoms with Crippen LogP contribution < -0.4 is 0 Å². The van der Waals surface area contributed by atoms with Crippen LogP contribution in [0, 0.1) is 0 Å². The first kappa shape index (κ1) is 12.1. The second-order valence-electron chi connectivity index (χ2n) is 4.50. The van der Waals surface area contributed by atoms with E-state index in [1.807, 2.05) is 0 Å². The van der Waals surface area contributed by atoms with E-state index in [9.17, 15) is 0 Å². The third-order valence-electron chi connectivity index (χ3n) is 2.22. The highest BCUT2D eigenvalue weighted by atomic mass is 31.0. The average molecular weight is 227 g/mol. The van der Waals surface area contributed by atoms with Crippen molar-refractivity contribution in [1.82, 2.24) is 4.98 Å². The lowest BCUT2D eigenvalue weighted by Gasteiger charge is -2.20.